The molecule has 2 aliphatic heterocycles. The average Bonchev–Trinajstić information content (AvgIpc) is 3.02. The van der Waals surface area contributed by atoms with E-state index in [0.717, 1.165) is 25.3 Å². The van der Waals surface area contributed by atoms with E-state index < -0.39 is 0 Å². The number of hydrogen-bond acceptors (Lipinski definition) is 3. The van der Waals surface area contributed by atoms with E-state index in [2.05, 4.69) is 53.6 Å². The topological polar surface area (TPSA) is 33.6 Å². The minimum Gasteiger partial charge on any atom is -0.369 e. The van der Waals surface area contributed by atoms with Crippen LogP contribution in [0.3, 0.4) is 0 Å². The molecule has 2 atom stereocenters. The number of rotatable bonds is 2. The number of ether oxygens (including phenoxy) is 1. The Hall–Kier alpha value is -1.58. The number of nitrogens with one attached hydrogen (secondary N) is 1. The smallest absolute Gasteiger partial charge is 0.141 e. The van der Waals surface area contributed by atoms with Gasteiger partial charge in [-0.1, -0.05) is 43.3 Å². The molecular formula is C17H19ClN2O. The maximum Gasteiger partial charge on any atom is 0.141 e. The fourth-order valence-corrected chi connectivity index (χ4v) is 3.32. The van der Waals surface area contributed by atoms with Crippen molar-refractivity contribution >= 4 is 29.0 Å². The Kier molecular flexibility index (Phi) is 3.87. The van der Waals surface area contributed by atoms with Gasteiger partial charge in [0.05, 0.1) is 12.6 Å². The molecule has 0 aromatic heterocycles. The lowest BCUT2D eigenvalue weighted by atomic mass is 9.89. The summed E-state index contributed by atoms with van der Waals surface area (Å²) in [4.78, 5) is 4.57. The molecule has 4 rings (SSSR count). The summed E-state index contributed by atoms with van der Waals surface area (Å²) in [7, 11) is 0. The quantitative estimate of drug-likeness (QED) is 0.916. The van der Waals surface area contributed by atoms with Crippen molar-refractivity contribution in [3.8, 4) is 0 Å². The predicted molar refractivity (Wildman–Crippen MR) is 88.4 cm³/mol. The minimum atomic E-state index is -0.0407. The van der Waals surface area contributed by atoms with E-state index in [1.807, 2.05) is 0 Å². The van der Waals surface area contributed by atoms with E-state index in [0.29, 0.717) is 0 Å². The molecule has 0 aliphatic carbocycles. The largest absolute Gasteiger partial charge is 0.369 e. The third-order valence-electron chi connectivity index (χ3n) is 4.22. The average molecular weight is 303 g/mol. The molecule has 4 heteroatoms. The normalized spacial score (nSPS) is 23.4. The van der Waals surface area contributed by atoms with Crippen molar-refractivity contribution in [1.82, 2.24) is 5.32 Å². The molecular weight excluding hydrogens is 284 g/mol. The van der Waals surface area contributed by atoms with Gasteiger partial charge in [0.15, 0.2) is 0 Å². The summed E-state index contributed by atoms with van der Waals surface area (Å²) in [6.45, 7) is 3.95. The monoisotopic (exact) mass is 302 g/mol. The molecule has 2 aromatic carbocycles. The van der Waals surface area contributed by atoms with Crippen LogP contribution < -0.4 is 5.32 Å². The van der Waals surface area contributed by atoms with Crippen molar-refractivity contribution in [1.29, 1.82) is 0 Å². The highest BCUT2D eigenvalue weighted by atomic mass is 35.5. The van der Waals surface area contributed by atoms with Gasteiger partial charge in [0.2, 0.25) is 0 Å². The van der Waals surface area contributed by atoms with Crippen LogP contribution in [0.5, 0.6) is 0 Å². The van der Waals surface area contributed by atoms with E-state index in [1.165, 1.54) is 21.9 Å². The fourth-order valence-electron chi connectivity index (χ4n) is 3.32. The Morgan fingerprint density at radius 1 is 1.19 bits per heavy atom. The third kappa shape index (κ3) is 2.21. The molecule has 1 N–H and O–H groups in total. The second kappa shape index (κ2) is 5.66. The molecule has 2 unspecified atom stereocenters. The first-order valence-corrected chi connectivity index (χ1v) is 7.33. The second-order valence-corrected chi connectivity index (χ2v) is 5.40. The third-order valence-corrected chi connectivity index (χ3v) is 4.22. The second-order valence-electron chi connectivity index (χ2n) is 5.40. The van der Waals surface area contributed by atoms with Crippen molar-refractivity contribution in [3.05, 3.63) is 47.5 Å². The van der Waals surface area contributed by atoms with Crippen molar-refractivity contribution in [3.63, 3.8) is 0 Å². The van der Waals surface area contributed by atoms with E-state index in [9.17, 15) is 0 Å². The first kappa shape index (κ1) is 14.4. The maximum atomic E-state index is 6.34. The van der Waals surface area contributed by atoms with Gasteiger partial charge in [0, 0.05) is 6.54 Å². The number of nitrogens with zero attached hydrogens (tertiary/aromatic N) is 1. The molecule has 2 aliphatic rings. The summed E-state index contributed by atoms with van der Waals surface area (Å²) in [5.41, 5.74) is 2.56. The van der Waals surface area contributed by atoms with Crippen molar-refractivity contribution < 1.29 is 4.74 Å². The number of amidine groups is 1. The van der Waals surface area contributed by atoms with Crippen LogP contribution in [-0.4, -0.2) is 18.9 Å². The molecule has 0 fully saturated rings. The van der Waals surface area contributed by atoms with Gasteiger partial charge in [-0.05, 0) is 28.3 Å². The van der Waals surface area contributed by atoms with Gasteiger partial charge >= 0.3 is 0 Å². The zero-order valence-corrected chi connectivity index (χ0v) is 12.8. The first-order valence-electron chi connectivity index (χ1n) is 7.33. The fraction of sp³-hybridized carbons (Fsp3) is 0.353. The summed E-state index contributed by atoms with van der Waals surface area (Å²) in [5.74, 6) is 0.991. The highest BCUT2D eigenvalue weighted by Gasteiger charge is 2.32. The summed E-state index contributed by atoms with van der Waals surface area (Å²) < 4.78 is 6.34. The molecule has 21 heavy (non-hydrogen) atoms. The van der Waals surface area contributed by atoms with Crippen molar-refractivity contribution in [2.45, 2.75) is 25.6 Å². The van der Waals surface area contributed by atoms with E-state index in [4.69, 9.17) is 4.74 Å². The van der Waals surface area contributed by atoms with Crippen LogP contribution in [0.25, 0.3) is 10.8 Å². The van der Waals surface area contributed by atoms with Crippen LogP contribution >= 0.6 is 12.4 Å². The maximum absolute atomic E-state index is 6.34. The highest BCUT2D eigenvalue weighted by molar-refractivity contribution is 5.97. The van der Waals surface area contributed by atoms with Gasteiger partial charge in [-0.25, -0.2) is 0 Å². The SMILES string of the molecule is CCC1OC(C2=NCCN2)c2cccc3cccc1c23.Cl. The molecule has 0 bridgehead atoms. The van der Waals surface area contributed by atoms with Crippen LogP contribution in [-0.2, 0) is 4.74 Å². The highest BCUT2D eigenvalue weighted by Crippen LogP contribution is 2.42. The molecule has 0 saturated heterocycles. The van der Waals surface area contributed by atoms with Gasteiger partial charge in [-0.2, -0.15) is 0 Å². The summed E-state index contributed by atoms with van der Waals surface area (Å²) in [6, 6.07) is 13.0. The zero-order valence-electron chi connectivity index (χ0n) is 12.0. The van der Waals surface area contributed by atoms with E-state index in [1.54, 1.807) is 0 Å². The van der Waals surface area contributed by atoms with Crippen molar-refractivity contribution in [2.24, 2.45) is 4.99 Å². The summed E-state index contributed by atoms with van der Waals surface area (Å²) >= 11 is 0. The molecule has 0 radical (unpaired) electrons. The van der Waals surface area contributed by atoms with Crippen LogP contribution in [0.1, 0.15) is 36.7 Å². The van der Waals surface area contributed by atoms with Gasteiger partial charge in [0.25, 0.3) is 0 Å². The van der Waals surface area contributed by atoms with Crippen molar-refractivity contribution in [2.75, 3.05) is 13.1 Å². The molecule has 0 spiro atoms. The summed E-state index contributed by atoms with van der Waals surface area (Å²) in [5, 5.41) is 6.02. The van der Waals surface area contributed by atoms with Crippen LogP contribution in [0.4, 0.5) is 0 Å². The predicted octanol–water partition coefficient (Wildman–Crippen LogP) is 3.79. The Labute approximate surface area is 130 Å². The van der Waals surface area contributed by atoms with Crippen LogP contribution in [0.15, 0.2) is 41.4 Å². The number of aliphatic imine (C=N–C) groups is 1. The molecule has 2 aromatic rings. The lowest BCUT2D eigenvalue weighted by molar-refractivity contribution is 0.0139. The lowest BCUT2D eigenvalue weighted by Gasteiger charge is -2.32. The number of hydrogen-bond donors (Lipinski definition) is 1. The van der Waals surface area contributed by atoms with Crippen LogP contribution in [0, 0.1) is 0 Å². The molecule has 0 amide bonds. The summed E-state index contributed by atoms with van der Waals surface area (Å²) in [6.07, 6.45) is 1.10. The van der Waals surface area contributed by atoms with E-state index >= 15 is 0 Å². The van der Waals surface area contributed by atoms with E-state index in [-0.39, 0.29) is 24.6 Å². The Morgan fingerprint density at radius 2 is 1.95 bits per heavy atom. The lowest BCUT2D eigenvalue weighted by Crippen LogP contribution is -2.30. The molecule has 2 heterocycles. The Balaban J connectivity index is 0.00000132. The molecule has 110 valence electrons. The first-order chi connectivity index (χ1) is 9.88. The van der Waals surface area contributed by atoms with Gasteiger partial charge < -0.3 is 10.1 Å². The standard InChI is InChI=1S/C17H18N2O.ClH/c1-2-14-12-7-3-5-11-6-4-8-13(15(11)12)16(20-14)17-18-9-10-19-17;/h3-8,14,16H,2,9-10H2,1H3,(H,18,19);1H. The van der Waals surface area contributed by atoms with Gasteiger partial charge in [-0.15, -0.1) is 12.4 Å². The Morgan fingerprint density at radius 3 is 2.62 bits per heavy atom. The minimum absolute atomic E-state index is 0. The molecule has 0 saturated carbocycles. The number of halogens is 1. The van der Waals surface area contributed by atoms with Gasteiger partial charge in [-0.3, -0.25) is 4.99 Å². The molecule has 3 nitrogen and oxygen atoms in total. The van der Waals surface area contributed by atoms with Gasteiger partial charge in [0.1, 0.15) is 11.9 Å². The van der Waals surface area contributed by atoms with Crippen LogP contribution in [0.2, 0.25) is 0 Å². The Bertz CT molecular complexity index is 693. The zero-order chi connectivity index (χ0) is 13.5. The number of benzene rings is 2.